The van der Waals surface area contributed by atoms with E-state index >= 15 is 0 Å². The molecule has 2 heterocycles. The highest BCUT2D eigenvalue weighted by Crippen LogP contribution is 2.26. The predicted molar refractivity (Wildman–Crippen MR) is 133 cm³/mol. The highest BCUT2D eigenvalue weighted by atomic mass is 35.5. The normalized spacial score (nSPS) is 11.2. The maximum Gasteiger partial charge on any atom is 0.330 e. The number of nitrogens with one attached hydrogen (secondary N) is 1. The molecule has 0 radical (unpaired) electrons. The first kappa shape index (κ1) is 25.6. The minimum atomic E-state index is -0.695. The summed E-state index contributed by atoms with van der Waals surface area (Å²) in [6.45, 7) is 6.42. The number of nitrogens with two attached hydrogens (primary N) is 1. The molecule has 3 aromatic rings. The number of hydrogen-bond acceptors (Lipinski definition) is 8. The number of benzene rings is 1. The molecule has 1 aromatic carbocycles. The molecule has 0 aliphatic heterocycles. The zero-order chi connectivity index (χ0) is 24.8. The zero-order valence-corrected chi connectivity index (χ0v) is 20.8. The lowest BCUT2D eigenvalue weighted by Gasteiger charge is -2.24. The van der Waals surface area contributed by atoms with Crippen molar-refractivity contribution in [1.29, 1.82) is 0 Å². The van der Waals surface area contributed by atoms with Gasteiger partial charge in [-0.25, -0.2) is 4.79 Å². The fourth-order valence-electron chi connectivity index (χ4n) is 3.24. The van der Waals surface area contributed by atoms with Crippen LogP contribution in [-0.4, -0.2) is 38.0 Å². The number of H-pyrrole nitrogens is 1. The summed E-state index contributed by atoms with van der Waals surface area (Å²) >= 11 is 6.96. The lowest BCUT2D eigenvalue weighted by atomic mass is 10.2. The van der Waals surface area contributed by atoms with Crippen molar-refractivity contribution in [2.45, 2.75) is 45.4 Å². The van der Waals surface area contributed by atoms with Gasteiger partial charge in [0, 0.05) is 23.7 Å². The van der Waals surface area contributed by atoms with Gasteiger partial charge < -0.3 is 15.1 Å². The third-order valence-electron chi connectivity index (χ3n) is 4.88. The number of rotatable bonds is 10. The second-order valence-electron chi connectivity index (χ2n) is 8.07. The molecule has 3 N–H and O–H groups in total. The molecule has 0 spiro atoms. The van der Waals surface area contributed by atoms with Crippen LogP contribution in [0.2, 0.25) is 5.02 Å². The maximum atomic E-state index is 13.2. The predicted octanol–water partition coefficient (Wildman–Crippen LogP) is 3.40. The van der Waals surface area contributed by atoms with Crippen LogP contribution in [0.15, 0.2) is 43.5 Å². The van der Waals surface area contributed by atoms with Crippen LogP contribution in [-0.2, 0) is 11.3 Å². The van der Waals surface area contributed by atoms with E-state index in [1.165, 1.54) is 9.47 Å². The second kappa shape index (κ2) is 11.4. The number of nitrogen functional groups attached to an aromatic ring is 1. The van der Waals surface area contributed by atoms with E-state index in [9.17, 15) is 14.4 Å². The first-order chi connectivity index (χ1) is 16.2. The van der Waals surface area contributed by atoms with Crippen molar-refractivity contribution in [2.75, 3.05) is 22.9 Å². The third kappa shape index (κ3) is 6.09. The van der Waals surface area contributed by atoms with E-state index in [4.69, 9.17) is 21.8 Å². The number of nitrogens with zero attached hydrogens (tertiary/aromatic N) is 4. The molecule has 1 amide bonds. The minimum Gasteiger partial charge on any atom is -0.411 e. The van der Waals surface area contributed by atoms with Crippen molar-refractivity contribution in [1.82, 2.24) is 19.7 Å². The fraction of sp³-hybridized carbons (Fsp3) is 0.409. The average Bonchev–Trinajstić information content (AvgIpc) is 3.26. The van der Waals surface area contributed by atoms with E-state index in [0.29, 0.717) is 29.4 Å². The van der Waals surface area contributed by atoms with Crippen LogP contribution in [0.5, 0.6) is 0 Å². The van der Waals surface area contributed by atoms with Gasteiger partial charge in [-0.15, -0.1) is 10.2 Å². The molecule has 10 nitrogen and oxygen atoms in total. The van der Waals surface area contributed by atoms with Crippen LogP contribution in [0.4, 0.5) is 11.5 Å². The molecule has 0 saturated carbocycles. The number of amides is 1. The van der Waals surface area contributed by atoms with Gasteiger partial charge >= 0.3 is 5.69 Å². The summed E-state index contributed by atoms with van der Waals surface area (Å²) in [4.78, 5) is 41.7. The summed E-state index contributed by atoms with van der Waals surface area (Å²) in [5, 5.41) is 8.78. The molecule has 0 unspecified atom stereocenters. The standard InChI is InChI=1S/C22H27ClN6O4S/c1-4-5-10-28(17-18(24)29(11-13(2)3)21(32)25-19(17)31)16(30)12-34-22-27-26-20(33-22)14-6-8-15(23)9-7-14/h6-9,13H,4-5,10-12,24H2,1-3H3,(H,25,31,32). The highest BCUT2D eigenvalue weighted by Gasteiger charge is 2.25. The van der Waals surface area contributed by atoms with Crippen LogP contribution in [0.1, 0.15) is 33.6 Å². The highest BCUT2D eigenvalue weighted by molar-refractivity contribution is 7.99. The minimum absolute atomic E-state index is 0.0216. The number of aromatic nitrogens is 4. The Morgan fingerprint density at radius 2 is 1.97 bits per heavy atom. The molecular weight excluding hydrogens is 480 g/mol. The molecule has 0 fully saturated rings. The average molecular weight is 507 g/mol. The van der Waals surface area contributed by atoms with Crippen LogP contribution in [0, 0.1) is 5.92 Å². The van der Waals surface area contributed by atoms with Gasteiger partial charge in [0.15, 0.2) is 5.69 Å². The number of hydrogen-bond donors (Lipinski definition) is 2. The molecular formula is C22H27ClN6O4S. The van der Waals surface area contributed by atoms with Crippen LogP contribution < -0.4 is 21.9 Å². The molecule has 0 bridgehead atoms. The molecule has 0 saturated heterocycles. The second-order valence-corrected chi connectivity index (χ2v) is 9.43. The van der Waals surface area contributed by atoms with Crippen molar-refractivity contribution in [3.05, 3.63) is 50.1 Å². The van der Waals surface area contributed by atoms with Crippen LogP contribution in [0.25, 0.3) is 11.5 Å². The Balaban J connectivity index is 1.82. The smallest absolute Gasteiger partial charge is 0.330 e. The summed E-state index contributed by atoms with van der Waals surface area (Å²) < 4.78 is 6.93. The summed E-state index contributed by atoms with van der Waals surface area (Å²) in [5.74, 6) is -0.0394. The lowest BCUT2D eigenvalue weighted by Crippen LogP contribution is -2.42. The first-order valence-corrected chi connectivity index (χ1v) is 12.2. The number of halogens is 1. The molecule has 0 aliphatic carbocycles. The van der Waals surface area contributed by atoms with E-state index in [0.717, 1.165) is 18.2 Å². The van der Waals surface area contributed by atoms with E-state index in [-0.39, 0.29) is 40.9 Å². The van der Waals surface area contributed by atoms with Gasteiger partial charge in [0.25, 0.3) is 10.8 Å². The number of thioether (sulfide) groups is 1. The monoisotopic (exact) mass is 506 g/mol. The van der Waals surface area contributed by atoms with Gasteiger partial charge in [-0.3, -0.25) is 19.1 Å². The topological polar surface area (TPSA) is 140 Å². The van der Waals surface area contributed by atoms with Gasteiger partial charge in [0.2, 0.25) is 11.8 Å². The molecule has 0 atom stereocenters. The summed E-state index contributed by atoms with van der Waals surface area (Å²) in [5.41, 5.74) is 5.61. The fourth-order valence-corrected chi connectivity index (χ4v) is 4.01. The van der Waals surface area contributed by atoms with Crippen molar-refractivity contribution in [2.24, 2.45) is 5.92 Å². The summed E-state index contributed by atoms with van der Waals surface area (Å²) in [6, 6.07) is 6.93. The lowest BCUT2D eigenvalue weighted by molar-refractivity contribution is -0.116. The first-order valence-electron chi connectivity index (χ1n) is 10.9. The van der Waals surface area contributed by atoms with Gasteiger partial charge in [0.05, 0.1) is 5.75 Å². The summed E-state index contributed by atoms with van der Waals surface area (Å²) in [6.07, 6.45) is 1.45. The largest absolute Gasteiger partial charge is 0.411 e. The van der Waals surface area contributed by atoms with E-state index < -0.39 is 11.2 Å². The number of carbonyl (C=O) groups excluding carboxylic acids is 1. The zero-order valence-electron chi connectivity index (χ0n) is 19.2. The van der Waals surface area contributed by atoms with Crippen LogP contribution >= 0.6 is 23.4 Å². The van der Waals surface area contributed by atoms with Gasteiger partial charge in [-0.05, 0) is 36.6 Å². The third-order valence-corrected chi connectivity index (χ3v) is 5.94. The maximum absolute atomic E-state index is 13.2. The van der Waals surface area contributed by atoms with Crippen LogP contribution in [0.3, 0.4) is 0 Å². The molecule has 2 aromatic heterocycles. The van der Waals surface area contributed by atoms with Crippen molar-refractivity contribution in [3.63, 3.8) is 0 Å². The Bertz CT molecular complexity index is 1250. The number of carbonyl (C=O) groups is 1. The Labute approximate surface area is 205 Å². The Hall–Kier alpha value is -3.05. The Kier molecular flexibility index (Phi) is 8.56. The number of unbranched alkanes of at least 4 members (excludes halogenated alkanes) is 1. The Morgan fingerprint density at radius 3 is 2.62 bits per heavy atom. The summed E-state index contributed by atoms with van der Waals surface area (Å²) in [7, 11) is 0. The molecule has 0 aliphatic rings. The SMILES string of the molecule is CCCCN(C(=O)CSc1nnc(-c2ccc(Cl)cc2)o1)c1c(N)n(CC(C)C)c(=O)[nH]c1=O. The molecule has 3 rings (SSSR count). The quantitative estimate of drug-likeness (QED) is 0.398. The van der Waals surface area contributed by atoms with E-state index in [1.807, 2.05) is 20.8 Å². The van der Waals surface area contributed by atoms with Crippen molar-refractivity contribution in [3.8, 4) is 11.5 Å². The molecule has 182 valence electrons. The molecule has 12 heteroatoms. The number of anilines is 2. The molecule has 34 heavy (non-hydrogen) atoms. The number of aromatic amines is 1. The van der Waals surface area contributed by atoms with E-state index in [2.05, 4.69) is 15.2 Å². The van der Waals surface area contributed by atoms with Gasteiger partial charge in [0.1, 0.15) is 5.82 Å². The van der Waals surface area contributed by atoms with E-state index in [1.54, 1.807) is 24.3 Å². The van der Waals surface area contributed by atoms with Gasteiger partial charge in [-0.2, -0.15) is 0 Å². The van der Waals surface area contributed by atoms with Crippen molar-refractivity contribution < 1.29 is 9.21 Å². The Morgan fingerprint density at radius 1 is 1.26 bits per heavy atom. The van der Waals surface area contributed by atoms with Gasteiger partial charge in [-0.1, -0.05) is 50.6 Å². The van der Waals surface area contributed by atoms with Crippen molar-refractivity contribution >= 4 is 40.8 Å².